The summed E-state index contributed by atoms with van der Waals surface area (Å²) in [5.74, 6) is 2.37. The average molecular weight is 575 g/mol. The molecule has 2 heterocycles. The average Bonchev–Trinajstić information content (AvgIpc) is 2.74. The van der Waals surface area contributed by atoms with E-state index in [0.717, 1.165) is 56.4 Å². The number of carbonyl (C=O) groups is 1. The molecule has 1 fully saturated rings. The number of halogens is 1. The van der Waals surface area contributed by atoms with Gasteiger partial charge in [-0.25, -0.2) is 14.8 Å². The molecule has 188 valence electrons. The number of carbonyl (C=O) groups excluding carboxylic acids is 1. The normalized spacial score (nSPS) is 15.0. The van der Waals surface area contributed by atoms with Crippen molar-refractivity contribution in [2.45, 2.75) is 59.6 Å². The molecule has 0 radical (unpaired) electrons. The predicted molar refractivity (Wildman–Crippen MR) is 147 cm³/mol. The SMILES string of the molecule is CCNC(=NCc1ccnc(N(C)C)c1)N1CCC(CN(CC)C(=O)OC(C)(C)C)CC1.I. The third-order valence-corrected chi connectivity index (χ3v) is 5.44. The number of guanidine groups is 1. The van der Waals surface area contributed by atoms with Crippen molar-refractivity contribution in [1.29, 1.82) is 0 Å². The maximum atomic E-state index is 12.5. The Morgan fingerprint density at radius 3 is 2.48 bits per heavy atom. The van der Waals surface area contributed by atoms with Crippen molar-refractivity contribution in [3.8, 4) is 0 Å². The molecule has 1 amide bonds. The smallest absolute Gasteiger partial charge is 0.410 e. The van der Waals surface area contributed by atoms with Gasteiger partial charge in [0, 0.05) is 53.0 Å². The van der Waals surface area contributed by atoms with E-state index in [1.54, 1.807) is 0 Å². The van der Waals surface area contributed by atoms with Gasteiger partial charge in [0.25, 0.3) is 0 Å². The van der Waals surface area contributed by atoms with Gasteiger partial charge in [0.2, 0.25) is 0 Å². The van der Waals surface area contributed by atoms with Crippen LogP contribution < -0.4 is 10.2 Å². The number of hydrogen-bond acceptors (Lipinski definition) is 5. The van der Waals surface area contributed by atoms with E-state index in [1.165, 1.54) is 0 Å². The summed E-state index contributed by atoms with van der Waals surface area (Å²) in [5.41, 5.74) is 0.678. The number of likely N-dealkylation sites (tertiary alicyclic amines) is 1. The van der Waals surface area contributed by atoms with Gasteiger partial charge in [0.15, 0.2) is 5.96 Å². The van der Waals surface area contributed by atoms with Gasteiger partial charge in [-0.2, -0.15) is 0 Å². The van der Waals surface area contributed by atoms with Crippen LogP contribution in [0.3, 0.4) is 0 Å². The van der Waals surface area contributed by atoms with Gasteiger partial charge in [-0.3, -0.25) is 0 Å². The molecular formula is C24H43IN6O2. The lowest BCUT2D eigenvalue weighted by Crippen LogP contribution is -2.47. The third kappa shape index (κ3) is 9.93. The van der Waals surface area contributed by atoms with Crippen LogP contribution in [0.5, 0.6) is 0 Å². The van der Waals surface area contributed by atoms with Crippen LogP contribution in [-0.2, 0) is 11.3 Å². The maximum absolute atomic E-state index is 12.5. The zero-order valence-corrected chi connectivity index (χ0v) is 23.8. The Balaban J connectivity index is 0.00000544. The number of nitrogens with one attached hydrogen (secondary N) is 1. The minimum atomic E-state index is -0.465. The predicted octanol–water partition coefficient (Wildman–Crippen LogP) is 4.20. The highest BCUT2D eigenvalue weighted by Crippen LogP contribution is 2.20. The second-order valence-corrected chi connectivity index (χ2v) is 9.54. The summed E-state index contributed by atoms with van der Waals surface area (Å²) in [6.45, 7) is 14.6. The van der Waals surface area contributed by atoms with E-state index in [9.17, 15) is 4.79 Å². The number of aliphatic imine (C=N–C) groups is 1. The van der Waals surface area contributed by atoms with Crippen LogP contribution in [0.2, 0.25) is 0 Å². The topological polar surface area (TPSA) is 73.3 Å². The van der Waals surface area contributed by atoms with Crippen LogP contribution in [0, 0.1) is 5.92 Å². The number of anilines is 1. The molecule has 1 aliphatic rings. The Morgan fingerprint density at radius 2 is 1.94 bits per heavy atom. The molecule has 1 N–H and O–H groups in total. The molecule has 0 atom stereocenters. The fourth-order valence-electron chi connectivity index (χ4n) is 3.69. The van der Waals surface area contributed by atoms with Gasteiger partial charge in [0.1, 0.15) is 11.4 Å². The molecule has 9 heteroatoms. The lowest BCUT2D eigenvalue weighted by atomic mass is 9.96. The molecule has 0 aromatic carbocycles. The highest BCUT2D eigenvalue weighted by atomic mass is 127. The first kappa shape index (κ1) is 29.3. The first-order valence-electron chi connectivity index (χ1n) is 11.8. The number of piperidine rings is 1. The van der Waals surface area contributed by atoms with Crippen molar-refractivity contribution in [2.75, 3.05) is 51.7 Å². The van der Waals surface area contributed by atoms with Gasteiger partial charge in [0.05, 0.1) is 6.54 Å². The van der Waals surface area contributed by atoms with Crippen LogP contribution in [0.25, 0.3) is 0 Å². The van der Waals surface area contributed by atoms with Gasteiger partial charge in [-0.1, -0.05) is 0 Å². The number of ether oxygens (including phenoxy) is 1. The number of hydrogen-bond donors (Lipinski definition) is 1. The molecular weight excluding hydrogens is 531 g/mol. The van der Waals surface area contributed by atoms with E-state index in [1.807, 2.05) is 63.9 Å². The third-order valence-electron chi connectivity index (χ3n) is 5.44. The number of pyridine rings is 1. The molecule has 0 saturated carbocycles. The van der Waals surface area contributed by atoms with Crippen molar-refractivity contribution >= 4 is 41.8 Å². The first-order chi connectivity index (χ1) is 15.1. The molecule has 1 saturated heterocycles. The molecule has 1 aromatic heterocycles. The monoisotopic (exact) mass is 574 g/mol. The van der Waals surface area contributed by atoms with Gasteiger partial charge >= 0.3 is 6.09 Å². The molecule has 2 rings (SSSR count). The standard InChI is InChI=1S/C24H42N6O2.HI/c1-8-25-22(27-17-20-10-13-26-21(16-20)28(6)7)30-14-11-19(12-15-30)18-29(9-2)23(31)32-24(3,4)5;/h10,13,16,19H,8-9,11-12,14-15,17-18H2,1-7H3,(H,25,27);1H. The summed E-state index contributed by atoms with van der Waals surface area (Å²) >= 11 is 0. The zero-order chi connectivity index (χ0) is 23.7. The molecule has 1 aliphatic heterocycles. The number of amides is 1. The summed E-state index contributed by atoms with van der Waals surface area (Å²) in [4.78, 5) is 27.9. The van der Waals surface area contributed by atoms with Crippen molar-refractivity contribution in [2.24, 2.45) is 10.9 Å². The van der Waals surface area contributed by atoms with E-state index in [0.29, 0.717) is 19.0 Å². The van der Waals surface area contributed by atoms with Crippen LogP contribution >= 0.6 is 24.0 Å². The summed E-state index contributed by atoms with van der Waals surface area (Å²) in [5, 5.41) is 3.44. The highest BCUT2D eigenvalue weighted by molar-refractivity contribution is 14.0. The summed E-state index contributed by atoms with van der Waals surface area (Å²) in [6, 6.07) is 4.09. The maximum Gasteiger partial charge on any atom is 0.410 e. The van der Waals surface area contributed by atoms with E-state index in [4.69, 9.17) is 9.73 Å². The van der Waals surface area contributed by atoms with Crippen molar-refractivity contribution in [1.82, 2.24) is 20.1 Å². The minimum Gasteiger partial charge on any atom is -0.444 e. The fourth-order valence-corrected chi connectivity index (χ4v) is 3.69. The van der Waals surface area contributed by atoms with E-state index >= 15 is 0 Å². The number of nitrogens with zero attached hydrogens (tertiary/aromatic N) is 5. The van der Waals surface area contributed by atoms with E-state index in [2.05, 4.69) is 28.2 Å². The van der Waals surface area contributed by atoms with Gasteiger partial charge in [-0.05, 0) is 71.1 Å². The molecule has 0 spiro atoms. The molecule has 1 aromatic rings. The van der Waals surface area contributed by atoms with Crippen LogP contribution in [0.15, 0.2) is 23.3 Å². The highest BCUT2D eigenvalue weighted by Gasteiger charge is 2.27. The molecule has 0 aliphatic carbocycles. The zero-order valence-electron chi connectivity index (χ0n) is 21.4. The van der Waals surface area contributed by atoms with Gasteiger partial charge in [-0.15, -0.1) is 24.0 Å². The molecule has 33 heavy (non-hydrogen) atoms. The first-order valence-corrected chi connectivity index (χ1v) is 11.8. The second kappa shape index (κ2) is 13.8. The lowest BCUT2D eigenvalue weighted by Gasteiger charge is -2.36. The summed E-state index contributed by atoms with van der Waals surface area (Å²) < 4.78 is 5.56. The molecule has 0 unspecified atom stereocenters. The Bertz CT molecular complexity index is 758. The van der Waals surface area contributed by atoms with Crippen molar-refractivity contribution in [3.63, 3.8) is 0 Å². The largest absolute Gasteiger partial charge is 0.444 e. The Hall–Kier alpha value is -1.78. The quantitative estimate of drug-likeness (QED) is 0.299. The van der Waals surface area contributed by atoms with Crippen LogP contribution in [0.4, 0.5) is 10.6 Å². The minimum absolute atomic E-state index is 0. The lowest BCUT2D eigenvalue weighted by molar-refractivity contribution is 0.0214. The van der Waals surface area contributed by atoms with E-state index in [-0.39, 0.29) is 30.1 Å². The summed E-state index contributed by atoms with van der Waals surface area (Å²) in [7, 11) is 3.98. The molecule has 0 bridgehead atoms. The van der Waals surface area contributed by atoms with E-state index < -0.39 is 5.60 Å². The van der Waals surface area contributed by atoms with Crippen molar-refractivity contribution < 1.29 is 9.53 Å². The van der Waals surface area contributed by atoms with Crippen LogP contribution in [-0.4, -0.2) is 79.3 Å². The van der Waals surface area contributed by atoms with Crippen LogP contribution in [0.1, 0.15) is 53.0 Å². The Kier molecular flexibility index (Phi) is 12.2. The van der Waals surface area contributed by atoms with Gasteiger partial charge < -0.3 is 24.8 Å². The number of aromatic nitrogens is 1. The van der Waals surface area contributed by atoms with Crippen molar-refractivity contribution in [3.05, 3.63) is 23.9 Å². The Labute approximate surface area is 217 Å². The fraction of sp³-hybridized carbons (Fsp3) is 0.708. The number of rotatable bonds is 7. The second-order valence-electron chi connectivity index (χ2n) is 9.54. The Morgan fingerprint density at radius 1 is 1.27 bits per heavy atom. The molecule has 8 nitrogen and oxygen atoms in total. The summed E-state index contributed by atoms with van der Waals surface area (Å²) in [6.07, 6.45) is 3.68.